The average Bonchev–Trinajstić information content (AvgIpc) is 2.29. The Morgan fingerprint density at radius 1 is 0.611 bits per heavy atom. The third kappa shape index (κ3) is 15.5. The number of rotatable bonds is 11. The van der Waals surface area contributed by atoms with Crippen LogP contribution in [0.25, 0.3) is 0 Å². The lowest BCUT2D eigenvalue weighted by Crippen LogP contribution is -1.96. The summed E-state index contributed by atoms with van der Waals surface area (Å²) in [4.78, 5) is 20.5. The van der Waals surface area contributed by atoms with Crippen LogP contribution in [0.15, 0.2) is 0 Å². The van der Waals surface area contributed by atoms with Crippen LogP contribution in [-0.4, -0.2) is 24.1 Å². The second kappa shape index (κ2) is 13.0. The maximum Gasteiger partial charge on any atom is 0.403 e. The van der Waals surface area contributed by atoms with Gasteiger partial charge in [0.05, 0.1) is 13.2 Å². The molecule has 0 aromatic rings. The van der Waals surface area contributed by atoms with Crippen molar-refractivity contribution in [2.24, 2.45) is 0 Å². The quantitative estimate of drug-likeness (QED) is 0.404. The van der Waals surface area contributed by atoms with E-state index in [2.05, 4.69) is 9.47 Å². The van der Waals surface area contributed by atoms with E-state index in [1.807, 2.05) is 0 Å². The first kappa shape index (κ1) is 17.5. The van der Waals surface area contributed by atoms with E-state index < -0.39 is 10.9 Å². The molecule has 0 aliphatic heterocycles. The molecule has 0 aromatic carbocycles. The Hall–Kier alpha value is -0.480. The van der Waals surface area contributed by atoms with Crippen LogP contribution in [0.4, 0.5) is 9.59 Å². The molecule has 6 heteroatoms. The fourth-order valence-corrected chi connectivity index (χ4v) is 1.72. The zero-order valence-electron chi connectivity index (χ0n) is 10.5. The minimum atomic E-state index is -0.729. The lowest BCUT2D eigenvalue weighted by molar-refractivity contribution is 0.169. The predicted molar refractivity (Wildman–Crippen MR) is 71.3 cm³/mol. The minimum Gasteiger partial charge on any atom is -0.454 e. The summed E-state index contributed by atoms with van der Waals surface area (Å²) in [6, 6.07) is 0. The first-order chi connectivity index (χ1) is 8.63. The molecule has 0 rings (SSSR count). The van der Waals surface area contributed by atoms with Gasteiger partial charge in [-0.25, -0.2) is 9.59 Å². The molecule has 0 spiro atoms. The second-order valence-electron chi connectivity index (χ2n) is 4.00. The van der Waals surface area contributed by atoms with E-state index in [1.54, 1.807) is 0 Å². The Morgan fingerprint density at radius 3 is 1.17 bits per heavy atom. The van der Waals surface area contributed by atoms with Crippen molar-refractivity contribution < 1.29 is 19.1 Å². The van der Waals surface area contributed by atoms with E-state index in [1.165, 1.54) is 12.8 Å². The largest absolute Gasteiger partial charge is 0.454 e. The van der Waals surface area contributed by atoms with Gasteiger partial charge in [-0.05, 0) is 12.8 Å². The SMILES string of the molecule is O=C(Cl)OCCCCCCCCCCOC(=O)Cl. The summed E-state index contributed by atoms with van der Waals surface area (Å²) < 4.78 is 9.21. The van der Waals surface area contributed by atoms with E-state index in [0.717, 1.165) is 38.5 Å². The van der Waals surface area contributed by atoms with Crippen LogP contribution in [-0.2, 0) is 9.47 Å². The standard InChI is InChI=1S/C12H20Cl2O4/c13-11(15)17-9-7-5-3-1-2-4-6-8-10-18-12(14)16/h1-10H2. The van der Waals surface area contributed by atoms with Gasteiger partial charge in [0.1, 0.15) is 0 Å². The summed E-state index contributed by atoms with van der Waals surface area (Å²) >= 11 is 10.0. The van der Waals surface area contributed by atoms with Gasteiger partial charge in [-0.1, -0.05) is 38.5 Å². The molecule has 0 aliphatic carbocycles. The van der Waals surface area contributed by atoms with Crippen LogP contribution in [0, 0.1) is 0 Å². The zero-order chi connectivity index (χ0) is 13.6. The van der Waals surface area contributed by atoms with Crippen molar-refractivity contribution in [3.63, 3.8) is 0 Å². The molecule has 0 amide bonds. The maximum atomic E-state index is 10.2. The highest BCUT2D eigenvalue weighted by Gasteiger charge is 1.97. The lowest BCUT2D eigenvalue weighted by Gasteiger charge is -2.03. The number of carbonyl (C=O) groups is 2. The molecule has 0 saturated heterocycles. The van der Waals surface area contributed by atoms with Crippen molar-refractivity contribution in [2.45, 2.75) is 51.4 Å². The number of unbranched alkanes of at least 4 members (excludes halogenated alkanes) is 7. The molecule has 0 unspecified atom stereocenters. The number of halogens is 2. The maximum absolute atomic E-state index is 10.2. The van der Waals surface area contributed by atoms with Crippen molar-refractivity contribution in [1.29, 1.82) is 0 Å². The van der Waals surface area contributed by atoms with Crippen LogP contribution in [0.3, 0.4) is 0 Å². The number of hydrogen-bond donors (Lipinski definition) is 0. The van der Waals surface area contributed by atoms with Gasteiger partial charge in [-0.3, -0.25) is 0 Å². The molecule has 18 heavy (non-hydrogen) atoms. The van der Waals surface area contributed by atoms with Crippen LogP contribution in [0.5, 0.6) is 0 Å². The smallest absolute Gasteiger partial charge is 0.403 e. The summed E-state index contributed by atoms with van der Waals surface area (Å²) in [5, 5.41) is 0. The number of ether oxygens (including phenoxy) is 2. The highest BCUT2D eigenvalue weighted by Crippen LogP contribution is 2.09. The van der Waals surface area contributed by atoms with Gasteiger partial charge in [0.25, 0.3) is 0 Å². The Balaban J connectivity index is 2.99. The highest BCUT2D eigenvalue weighted by molar-refractivity contribution is 6.61. The van der Waals surface area contributed by atoms with Gasteiger partial charge in [-0.2, -0.15) is 0 Å². The molecule has 0 saturated carbocycles. The monoisotopic (exact) mass is 298 g/mol. The van der Waals surface area contributed by atoms with Crippen LogP contribution in [0.2, 0.25) is 0 Å². The zero-order valence-corrected chi connectivity index (χ0v) is 12.0. The van der Waals surface area contributed by atoms with Gasteiger partial charge in [-0.15, -0.1) is 0 Å². The Morgan fingerprint density at radius 2 is 0.889 bits per heavy atom. The van der Waals surface area contributed by atoms with Crippen molar-refractivity contribution in [3.8, 4) is 0 Å². The van der Waals surface area contributed by atoms with Crippen molar-refractivity contribution in [3.05, 3.63) is 0 Å². The normalized spacial score (nSPS) is 10.1. The molecule has 0 aliphatic rings. The fourth-order valence-electron chi connectivity index (χ4n) is 1.57. The molecule has 0 bridgehead atoms. The minimum absolute atomic E-state index is 0.409. The number of carbonyl (C=O) groups excluding carboxylic acids is 2. The molecule has 0 atom stereocenters. The first-order valence-corrected chi connectivity index (χ1v) is 7.03. The van der Waals surface area contributed by atoms with Crippen molar-refractivity contribution in [1.82, 2.24) is 0 Å². The molecule has 0 radical (unpaired) electrons. The molecular weight excluding hydrogens is 279 g/mol. The molecule has 0 N–H and O–H groups in total. The molecular formula is C12H20Cl2O4. The Bertz CT molecular complexity index is 210. The highest BCUT2D eigenvalue weighted by atomic mass is 35.5. The average molecular weight is 299 g/mol. The fraction of sp³-hybridized carbons (Fsp3) is 0.833. The second-order valence-corrected chi connectivity index (χ2v) is 4.62. The van der Waals surface area contributed by atoms with Gasteiger partial charge in [0.2, 0.25) is 0 Å². The van der Waals surface area contributed by atoms with Gasteiger partial charge in [0, 0.05) is 23.2 Å². The third-order valence-corrected chi connectivity index (χ3v) is 2.69. The molecule has 0 fully saturated rings. The van der Waals surface area contributed by atoms with E-state index in [0.29, 0.717) is 13.2 Å². The topological polar surface area (TPSA) is 52.6 Å². The Labute approximate surface area is 118 Å². The van der Waals surface area contributed by atoms with Gasteiger partial charge in [0.15, 0.2) is 0 Å². The first-order valence-electron chi connectivity index (χ1n) is 6.27. The number of hydrogen-bond acceptors (Lipinski definition) is 4. The van der Waals surface area contributed by atoms with E-state index in [-0.39, 0.29) is 0 Å². The van der Waals surface area contributed by atoms with E-state index >= 15 is 0 Å². The molecule has 106 valence electrons. The van der Waals surface area contributed by atoms with Crippen molar-refractivity contribution >= 4 is 34.1 Å². The van der Waals surface area contributed by atoms with E-state index in [9.17, 15) is 9.59 Å². The summed E-state index contributed by atoms with van der Waals surface area (Å²) in [5.41, 5.74) is -1.46. The van der Waals surface area contributed by atoms with Crippen molar-refractivity contribution in [2.75, 3.05) is 13.2 Å². The van der Waals surface area contributed by atoms with Gasteiger partial charge >= 0.3 is 10.9 Å². The van der Waals surface area contributed by atoms with E-state index in [4.69, 9.17) is 23.2 Å². The lowest BCUT2D eigenvalue weighted by atomic mass is 10.1. The van der Waals surface area contributed by atoms with Crippen LogP contribution < -0.4 is 0 Å². The van der Waals surface area contributed by atoms with Crippen LogP contribution >= 0.6 is 23.2 Å². The summed E-state index contributed by atoms with van der Waals surface area (Å²) in [6.07, 6.45) is 8.44. The molecule has 0 aromatic heterocycles. The third-order valence-electron chi connectivity index (χ3n) is 2.47. The molecule has 0 heterocycles. The predicted octanol–water partition coefficient (Wildman–Crippen LogP) is 4.86. The molecule has 4 nitrogen and oxygen atoms in total. The summed E-state index contributed by atoms with van der Waals surface area (Å²) in [5.74, 6) is 0. The van der Waals surface area contributed by atoms with Crippen LogP contribution in [0.1, 0.15) is 51.4 Å². The summed E-state index contributed by atoms with van der Waals surface area (Å²) in [7, 11) is 0. The summed E-state index contributed by atoms with van der Waals surface area (Å²) in [6.45, 7) is 0.818. The Kier molecular flexibility index (Phi) is 12.6. The van der Waals surface area contributed by atoms with Gasteiger partial charge < -0.3 is 9.47 Å².